The number of halogens is 1. The third-order valence-electron chi connectivity index (χ3n) is 5.47. The number of thiophene rings is 1. The molecule has 0 unspecified atom stereocenters. The molecule has 0 bridgehead atoms. The maximum atomic E-state index is 13.7. The van der Waals surface area contributed by atoms with Gasteiger partial charge in [-0.1, -0.05) is 36.4 Å². The predicted molar refractivity (Wildman–Crippen MR) is 126 cm³/mol. The molecule has 5 nitrogen and oxygen atoms in total. The predicted octanol–water partition coefficient (Wildman–Crippen LogP) is 5.70. The first-order chi connectivity index (χ1) is 15.6. The minimum atomic E-state index is -0.289. The number of rotatable bonds is 6. The number of carbonyl (C=O) groups is 1. The van der Waals surface area contributed by atoms with Gasteiger partial charge in [0.15, 0.2) is 0 Å². The van der Waals surface area contributed by atoms with E-state index in [1.165, 1.54) is 23.3 Å². The number of hydrogen-bond donors (Lipinski definition) is 1. The van der Waals surface area contributed by atoms with E-state index in [9.17, 15) is 9.18 Å². The highest BCUT2D eigenvalue weighted by Crippen LogP contribution is 2.27. The van der Waals surface area contributed by atoms with Crippen LogP contribution in [0.4, 0.5) is 10.1 Å². The van der Waals surface area contributed by atoms with E-state index in [1.54, 1.807) is 23.6 Å². The molecule has 1 amide bonds. The number of hydrogen-bond acceptors (Lipinski definition) is 3. The van der Waals surface area contributed by atoms with Crippen molar-refractivity contribution in [3.05, 3.63) is 107 Å². The molecule has 5 rings (SSSR count). The quantitative estimate of drug-likeness (QED) is 0.365. The Balaban J connectivity index is 1.38. The molecule has 0 saturated carbocycles. The summed E-state index contributed by atoms with van der Waals surface area (Å²) in [6, 6.07) is 18.5. The molecular formula is C25H21FN4OS. The number of carbonyl (C=O) groups excluding carboxylic acids is 1. The number of amides is 1. The molecule has 7 heteroatoms. The van der Waals surface area contributed by atoms with Crippen molar-refractivity contribution in [2.24, 2.45) is 0 Å². The maximum absolute atomic E-state index is 13.7. The first kappa shape index (κ1) is 20.2. The van der Waals surface area contributed by atoms with Crippen LogP contribution in [-0.2, 0) is 13.1 Å². The van der Waals surface area contributed by atoms with E-state index >= 15 is 0 Å². The van der Waals surface area contributed by atoms with Gasteiger partial charge in [-0.15, -0.1) is 11.3 Å². The van der Waals surface area contributed by atoms with Gasteiger partial charge in [0, 0.05) is 12.7 Å². The SMILES string of the molecule is Cc1ccccc1Cn1cc(NC(=O)c2cc3sccc3n2Cc2cccc(F)c2)cn1. The van der Waals surface area contributed by atoms with Crippen LogP contribution in [-0.4, -0.2) is 20.3 Å². The van der Waals surface area contributed by atoms with Gasteiger partial charge < -0.3 is 9.88 Å². The molecule has 3 heterocycles. The van der Waals surface area contributed by atoms with Crippen LogP contribution in [0, 0.1) is 12.7 Å². The first-order valence-electron chi connectivity index (χ1n) is 10.3. The van der Waals surface area contributed by atoms with Crippen LogP contribution in [0.1, 0.15) is 27.2 Å². The standard InChI is InChI=1S/C25H21FN4OS/c1-17-5-2-3-7-19(17)15-29-16-21(13-27-29)28-25(31)23-12-24-22(9-10-32-24)30(23)14-18-6-4-8-20(26)11-18/h2-13,16H,14-15H2,1H3,(H,28,31). The second-order valence-electron chi connectivity index (χ2n) is 7.72. The van der Waals surface area contributed by atoms with E-state index in [1.807, 2.05) is 51.2 Å². The summed E-state index contributed by atoms with van der Waals surface area (Å²) in [6.07, 6.45) is 3.48. The van der Waals surface area contributed by atoms with E-state index in [4.69, 9.17) is 0 Å². The zero-order chi connectivity index (χ0) is 22.1. The summed E-state index contributed by atoms with van der Waals surface area (Å²) in [6.45, 7) is 3.11. The van der Waals surface area contributed by atoms with E-state index in [0.717, 1.165) is 15.8 Å². The highest BCUT2D eigenvalue weighted by Gasteiger charge is 2.18. The summed E-state index contributed by atoms with van der Waals surface area (Å²) in [5.41, 5.74) is 5.29. The minimum Gasteiger partial charge on any atom is -0.331 e. The Kier molecular flexibility index (Phi) is 5.33. The highest BCUT2D eigenvalue weighted by molar-refractivity contribution is 7.17. The van der Waals surface area contributed by atoms with Crippen molar-refractivity contribution >= 4 is 33.1 Å². The van der Waals surface area contributed by atoms with E-state index < -0.39 is 0 Å². The Hall–Kier alpha value is -3.71. The molecule has 0 aliphatic heterocycles. The normalized spacial score (nSPS) is 11.2. The fourth-order valence-electron chi connectivity index (χ4n) is 3.83. The Morgan fingerprint density at radius 1 is 1.09 bits per heavy atom. The van der Waals surface area contributed by atoms with Gasteiger partial charge >= 0.3 is 0 Å². The van der Waals surface area contributed by atoms with E-state index in [2.05, 4.69) is 29.5 Å². The molecule has 0 saturated heterocycles. The number of anilines is 1. The Bertz CT molecular complexity index is 1410. The lowest BCUT2D eigenvalue weighted by Gasteiger charge is -2.10. The second kappa shape index (κ2) is 8.43. The fourth-order valence-corrected chi connectivity index (χ4v) is 4.65. The molecule has 0 aliphatic rings. The van der Waals surface area contributed by atoms with Gasteiger partial charge in [0.05, 0.1) is 28.6 Å². The lowest BCUT2D eigenvalue weighted by molar-refractivity contribution is 0.101. The number of aromatic nitrogens is 3. The third-order valence-corrected chi connectivity index (χ3v) is 6.32. The number of nitrogens with zero attached hydrogens (tertiary/aromatic N) is 3. The minimum absolute atomic E-state index is 0.222. The Morgan fingerprint density at radius 2 is 1.97 bits per heavy atom. The Morgan fingerprint density at radius 3 is 2.81 bits per heavy atom. The van der Waals surface area contributed by atoms with Crippen molar-refractivity contribution < 1.29 is 9.18 Å². The van der Waals surface area contributed by atoms with Gasteiger partial charge in [-0.3, -0.25) is 9.48 Å². The first-order valence-corrected chi connectivity index (χ1v) is 11.1. The van der Waals surface area contributed by atoms with Crippen LogP contribution in [0.15, 0.2) is 78.4 Å². The van der Waals surface area contributed by atoms with Gasteiger partial charge in [0.2, 0.25) is 0 Å². The number of aryl methyl sites for hydroxylation is 1. The molecule has 1 N–H and O–H groups in total. The smallest absolute Gasteiger partial charge is 0.272 e. The molecule has 32 heavy (non-hydrogen) atoms. The van der Waals surface area contributed by atoms with Crippen molar-refractivity contribution in [1.29, 1.82) is 0 Å². The molecule has 0 fully saturated rings. The Labute approximate surface area is 188 Å². The van der Waals surface area contributed by atoms with Gasteiger partial charge in [0.1, 0.15) is 11.5 Å². The lowest BCUT2D eigenvalue weighted by Crippen LogP contribution is -2.17. The molecular weight excluding hydrogens is 423 g/mol. The average molecular weight is 445 g/mol. The summed E-state index contributed by atoms with van der Waals surface area (Å²) in [4.78, 5) is 13.1. The van der Waals surface area contributed by atoms with Gasteiger partial charge in [-0.05, 0) is 53.3 Å². The van der Waals surface area contributed by atoms with Crippen molar-refractivity contribution in [1.82, 2.24) is 14.3 Å². The lowest BCUT2D eigenvalue weighted by atomic mass is 10.1. The van der Waals surface area contributed by atoms with E-state index in [-0.39, 0.29) is 11.7 Å². The van der Waals surface area contributed by atoms with Crippen LogP contribution in [0.2, 0.25) is 0 Å². The van der Waals surface area contributed by atoms with Crippen LogP contribution >= 0.6 is 11.3 Å². The van der Waals surface area contributed by atoms with Gasteiger partial charge in [-0.2, -0.15) is 5.10 Å². The highest BCUT2D eigenvalue weighted by atomic mass is 32.1. The summed E-state index contributed by atoms with van der Waals surface area (Å²) >= 11 is 1.58. The van der Waals surface area contributed by atoms with Crippen molar-refractivity contribution in [2.75, 3.05) is 5.32 Å². The van der Waals surface area contributed by atoms with Crippen LogP contribution in [0.3, 0.4) is 0 Å². The molecule has 0 radical (unpaired) electrons. The van der Waals surface area contributed by atoms with E-state index in [0.29, 0.717) is 24.5 Å². The van der Waals surface area contributed by atoms with Crippen molar-refractivity contribution in [3.8, 4) is 0 Å². The van der Waals surface area contributed by atoms with Gasteiger partial charge in [-0.25, -0.2) is 4.39 Å². The van der Waals surface area contributed by atoms with Crippen molar-refractivity contribution in [2.45, 2.75) is 20.0 Å². The van der Waals surface area contributed by atoms with Crippen LogP contribution in [0.5, 0.6) is 0 Å². The summed E-state index contributed by atoms with van der Waals surface area (Å²) < 4.78 is 18.4. The molecule has 3 aromatic heterocycles. The largest absolute Gasteiger partial charge is 0.331 e. The van der Waals surface area contributed by atoms with Crippen LogP contribution < -0.4 is 5.32 Å². The molecule has 0 spiro atoms. The summed E-state index contributed by atoms with van der Waals surface area (Å²) in [5, 5.41) is 9.33. The maximum Gasteiger partial charge on any atom is 0.272 e. The van der Waals surface area contributed by atoms with Crippen LogP contribution in [0.25, 0.3) is 10.2 Å². The topological polar surface area (TPSA) is 51.9 Å². The molecule has 5 aromatic rings. The molecule has 2 aromatic carbocycles. The van der Waals surface area contributed by atoms with Crippen molar-refractivity contribution in [3.63, 3.8) is 0 Å². The fraction of sp³-hybridized carbons (Fsp3) is 0.120. The molecule has 160 valence electrons. The summed E-state index contributed by atoms with van der Waals surface area (Å²) in [7, 11) is 0. The third kappa shape index (κ3) is 4.07. The molecule has 0 atom stereocenters. The zero-order valence-corrected chi connectivity index (χ0v) is 18.3. The monoisotopic (exact) mass is 444 g/mol. The number of fused-ring (bicyclic) bond motifs is 1. The zero-order valence-electron chi connectivity index (χ0n) is 17.5. The average Bonchev–Trinajstić information content (AvgIpc) is 3.48. The molecule has 0 aliphatic carbocycles. The second-order valence-corrected chi connectivity index (χ2v) is 8.67. The number of benzene rings is 2. The number of nitrogens with one attached hydrogen (secondary N) is 1. The van der Waals surface area contributed by atoms with Gasteiger partial charge in [0.25, 0.3) is 5.91 Å². The summed E-state index contributed by atoms with van der Waals surface area (Å²) in [5.74, 6) is -0.511.